The van der Waals surface area contributed by atoms with Crippen molar-refractivity contribution in [2.45, 2.75) is 46.3 Å². The number of carbonyl (C=O) groups is 3. The standard InChI is InChI=1S/C26H29N5O4/c1-5-14-31-17(4)22(24(32)35-16(2)3)23(30-26(31)34)19-8-12-21(13-9-19)29-25(33)28-20-10-6-18(15-27)7-11-20/h6-13,16,23H,5,14H2,1-4H3,(H,30,34)(H2,28,29,33). The molecule has 0 saturated carbocycles. The van der Waals surface area contributed by atoms with Crippen LogP contribution in [0.3, 0.4) is 0 Å². The molecule has 9 nitrogen and oxygen atoms in total. The van der Waals surface area contributed by atoms with E-state index in [-0.39, 0.29) is 12.1 Å². The molecule has 0 aromatic heterocycles. The van der Waals surface area contributed by atoms with Gasteiger partial charge in [0.2, 0.25) is 0 Å². The Morgan fingerprint density at radius 2 is 1.66 bits per heavy atom. The molecular formula is C26H29N5O4. The van der Waals surface area contributed by atoms with Crippen LogP contribution < -0.4 is 16.0 Å². The third-order valence-electron chi connectivity index (χ3n) is 5.38. The Morgan fingerprint density at radius 1 is 1.09 bits per heavy atom. The van der Waals surface area contributed by atoms with Gasteiger partial charge in [-0.25, -0.2) is 14.4 Å². The zero-order chi connectivity index (χ0) is 25.5. The Balaban J connectivity index is 1.78. The van der Waals surface area contributed by atoms with Crippen molar-refractivity contribution in [3.8, 4) is 6.07 Å². The maximum absolute atomic E-state index is 12.9. The summed E-state index contributed by atoms with van der Waals surface area (Å²) in [5.41, 5.74) is 3.21. The van der Waals surface area contributed by atoms with E-state index in [9.17, 15) is 14.4 Å². The highest BCUT2D eigenvalue weighted by atomic mass is 16.5. The van der Waals surface area contributed by atoms with Crippen LogP contribution in [0.1, 0.15) is 51.3 Å². The van der Waals surface area contributed by atoms with Crippen molar-refractivity contribution in [2.75, 3.05) is 17.2 Å². The molecule has 1 aliphatic rings. The van der Waals surface area contributed by atoms with Crippen LogP contribution in [0.4, 0.5) is 21.0 Å². The summed E-state index contributed by atoms with van der Waals surface area (Å²) in [6.45, 7) is 7.75. The fraction of sp³-hybridized carbons (Fsp3) is 0.308. The number of amides is 4. The second-order valence-corrected chi connectivity index (χ2v) is 8.38. The first-order valence-electron chi connectivity index (χ1n) is 11.4. The minimum atomic E-state index is -0.677. The molecule has 9 heteroatoms. The van der Waals surface area contributed by atoms with Gasteiger partial charge in [-0.1, -0.05) is 19.1 Å². The number of urea groups is 2. The van der Waals surface area contributed by atoms with Crippen LogP contribution in [0.25, 0.3) is 0 Å². The van der Waals surface area contributed by atoms with Crippen molar-refractivity contribution in [2.24, 2.45) is 0 Å². The molecule has 2 aromatic rings. The van der Waals surface area contributed by atoms with E-state index in [1.165, 1.54) is 0 Å². The number of hydrogen-bond acceptors (Lipinski definition) is 5. The molecule has 0 fully saturated rings. The molecular weight excluding hydrogens is 446 g/mol. The van der Waals surface area contributed by atoms with Gasteiger partial charge in [0.1, 0.15) is 0 Å². The molecule has 3 N–H and O–H groups in total. The summed E-state index contributed by atoms with van der Waals surface area (Å²) in [6.07, 6.45) is 0.439. The largest absolute Gasteiger partial charge is 0.459 e. The average Bonchev–Trinajstić information content (AvgIpc) is 2.81. The maximum atomic E-state index is 12.9. The molecule has 0 bridgehead atoms. The van der Waals surface area contributed by atoms with Crippen molar-refractivity contribution in [3.05, 3.63) is 70.9 Å². The number of allylic oxidation sites excluding steroid dienone is 1. The Labute approximate surface area is 204 Å². The van der Waals surface area contributed by atoms with Crippen molar-refractivity contribution in [3.63, 3.8) is 0 Å². The highest BCUT2D eigenvalue weighted by molar-refractivity contribution is 6.00. The topological polar surface area (TPSA) is 124 Å². The van der Waals surface area contributed by atoms with Gasteiger partial charge in [0.05, 0.1) is 29.4 Å². The maximum Gasteiger partial charge on any atom is 0.338 e. The number of nitrogens with zero attached hydrogens (tertiary/aromatic N) is 2. The summed E-state index contributed by atoms with van der Waals surface area (Å²) in [5.74, 6) is -0.479. The Morgan fingerprint density at radius 3 is 2.17 bits per heavy atom. The molecule has 1 unspecified atom stereocenters. The third kappa shape index (κ3) is 6.18. The van der Waals surface area contributed by atoms with Crippen molar-refractivity contribution in [1.29, 1.82) is 5.26 Å². The number of nitriles is 1. The minimum absolute atomic E-state index is 0.278. The smallest absolute Gasteiger partial charge is 0.338 e. The van der Waals surface area contributed by atoms with Crippen LogP contribution >= 0.6 is 0 Å². The summed E-state index contributed by atoms with van der Waals surface area (Å²) < 4.78 is 5.46. The molecule has 0 radical (unpaired) electrons. The number of carbonyl (C=O) groups excluding carboxylic acids is 3. The molecule has 35 heavy (non-hydrogen) atoms. The number of nitrogens with one attached hydrogen (secondary N) is 3. The number of esters is 1. The summed E-state index contributed by atoms with van der Waals surface area (Å²) in [4.78, 5) is 39.6. The van der Waals surface area contributed by atoms with Crippen LogP contribution in [0.5, 0.6) is 0 Å². The quantitative estimate of drug-likeness (QED) is 0.491. The monoisotopic (exact) mass is 475 g/mol. The zero-order valence-corrected chi connectivity index (χ0v) is 20.2. The average molecular weight is 476 g/mol. The molecule has 2 aromatic carbocycles. The first-order chi connectivity index (χ1) is 16.7. The molecule has 1 atom stereocenters. The van der Waals surface area contributed by atoms with E-state index in [2.05, 4.69) is 16.0 Å². The highest BCUT2D eigenvalue weighted by Crippen LogP contribution is 2.32. The highest BCUT2D eigenvalue weighted by Gasteiger charge is 2.36. The molecule has 1 aliphatic heterocycles. The predicted molar refractivity (Wildman–Crippen MR) is 132 cm³/mol. The minimum Gasteiger partial charge on any atom is -0.459 e. The second-order valence-electron chi connectivity index (χ2n) is 8.38. The fourth-order valence-electron chi connectivity index (χ4n) is 3.75. The normalized spacial score (nSPS) is 15.4. The fourth-order valence-corrected chi connectivity index (χ4v) is 3.75. The van der Waals surface area contributed by atoms with E-state index >= 15 is 0 Å². The van der Waals surface area contributed by atoms with Gasteiger partial charge in [0.15, 0.2) is 0 Å². The van der Waals surface area contributed by atoms with Gasteiger partial charge >= 0.3 is 18.0 Å². The van der Waals surface area contributed by atoms with Crippen molar-refractivity contribution < 1.29 is 19.1 Å². The van der Waals surface area contributed by atoms with Crippen LogP contribution in [0.2, 0.25) is 0 Å². The Bertz CT molecular complexity index is 1160. The van der Waals surface area contributed by atoms with Crippen LogP contribution in [-0.2, 0) is 9.53 Å². The van der Waals surface area contributed by atoms with E-state index in [4.69, 9.17) is 10.00 Å². The lowest BCUT2D eigenvalue weighted by atomic mass is 9.94. The second kappa shape index (κ2) is 11.2. The Hall–Kier alpha value is -4.32. The van der Waals surface area contributed by atoms with Gasteiger partial charge < -0.3 is 20.7 Å². The predicted octanol–water partition coefficient (Wildman–Crippen LogP) is 4.90. The molecule has 4 amide bonds. The van der Waals surface area contributed by atoms with Gasteiger partial charge in [-0.15, -0.1) is 0 Å². The van der Waals surface area contributed by atoms with E-state index in [1.54, 1.807) is 74.2 Å². The summed E-state index contributed by atoms with van der Waals surface area (Å²) in [7, 11) is 0. The van der Waals surface area contributed by atoms with Gasteiger partial charge in [-0.3, -0.25) is 4.90 Å². The van der Waals surface area contributed by atoms with Gasteiger partial charge in [0.25, 0.3) is 0 Å². The van der Waals surface area contributed by atoms with Gasteiger partial charge in [-0.05, 0) is 69.2 Å². The van der Waals surface area contributed by atoms with E-state index in [1.807, 2.05) is 13.0 Å². The van der Waals surface area contributed by atoms with E-state index < -0.39 is 18.0 Å². The number of benzene rings is 2. The number of rotatable bonds is 7. The number of hydrogen-bond donors (Lipinski definition) is 3. The van der Waals surface area contributed by atoms with E-state index in [0.717, 1.165) is 6.42 Å². The van der Waals surface area contributed by atoms with E-state index in [0.29, 0.717) is 40.3 Å². The summed E-state index contributed by atoms with van der Waals surface area (Å²) in [5, 5.41) is 17.2. The zero-order valence-electron chi connectivity index (χ0n) is 20.2. The summed E-state index contributed by atoms with van der Waals surface area (Å²) >= 11 is 0. The molecule has 0 spiro atoms. The van der Waals surface area contributed by atoms with Crippen molar-refractivity contribution >= 4 is 29.4 Å². The molecule has 0 aliphatic carbocycles. The van der Waals surface area contributed by atoms with Crippen LogP contribution in [0.15, 0.2) is 59.8 Å². The Kier molecular flexibility index (Phi) is 8.10. The van der Waals surface area contributed by atoms with Crippen molar-refractivity contribution in [1.82, 2.24) is 10.2 Å². The molecule has 1 heterocycles. The van der Waals surface area contributed by atoms with Crippen LogP contribution in [0, 0.1) is 11.3 Å². The summed E-state index contributed by atoms with van der Waals surface area (Å²) in [6, 6.07) is 14.0. The third-order valence-corrected chi connectivity index (χ3v) is 5.38. The SMILES string of the molecule is CCCN1C(=O)NC(c2ccc(NC(=O)Nc3ccc(C#N)cc3)cc2)C(C(=O)OC(C)C)=C1C. The number of ether oxygens (including phenoxy) is 1. The lowest BCUT2D eigenvalue weighted by Crippen LogP contribution is -2.48. The molecule has 182 valence electrons. The first-order valence-corrected chi connectivity index (χ1v) is 11.4. The lowest BCUT2D eigenvalue weighted by molar-refractivity contribution is -0.143. The first kappa shape index (κ1) is 25.3. The molecule has 0 saturated heterocycles. The number of anilines is 2. The van der Waals surface area contributed by atoms with Gasteiger partial charge in [-0.2, -0.15) is 5.26 Å². The lowest BCUT2D eigenvalue weighted by Gasteiger charge is -2.35. The van der Waals surface area contributed by atoms with Crippen LogP contribution in [-0.4, -0.2) is 35.6 Å². The molecule has 3 rings (SSSR count). The van der Waals surface area contributed by atoms with Gasteiger partial charge in [0, 0.05) is 23.6 Å².